The largest absolute Gasteiger partial charge is 1.00 e. The quantitative estimate of drug-likeness (QED) is 0.391. The molecule has 3 aromatic rings. The first-order valence-electron chi connectivity index (χ1n) is 8.61. The fourth-order valence-electron chi connectivity index (χ4n) is 2.95. The van der Waals surface area contributed by atoms with Crippen molar-refractivity contribution in [3.05, 3.63) is 58.2 Å². The van der Waals surface area contributed by atoms with Crippen molar-refractivity contribution in [1.29, 1.82) is 0 Å². The molecule has 0 atom stereocenters. The van der Waals surface area contributed by atoms with Crippen LogP contribution in [0.25, 0.3) is 10.9 Å². The van der Waals surface area contributed by atoms with Gasteiger partial charge in [0.25, 0.3) is 5.91 Å². The molecular weight excluding hydrogens is 446 g/mol. The van der Waals surface area contributed by atoms with Crippen molar-refractivity contribution in [1.82, 2.24) is 10.3 Å². The van der Waals surface area contributed by atoms with Crippen LogP contribution < -0.4 is 32.9 Å². The summed E-state index contributed by atoms with van der Waals surface area (Å²) < 4.78 is 11.5. The highest BCUT2D eigenvalue weighted by Crippen LogP contribution is 2.36. The molecule has 0 bridgehead atoms. The van der Waals surface area contributed by atoms with Crippen molar-refractivity contribution in [3.63, 3.8) is 0 Å². The SMILES string of the molecule is COc1cc(CNCCc2c[nH]c3ccccc23)cc(Br)c1OCC(N)=O.[Cl-]. The molecule has 0 aliphatic carbocycles. The number of methoxy groups -OCH3 is 1. The first-order chi connectivity index (χ1) is 13.1. The average molecular weight is 468 g/mol. The standard InChI is InChI=1S/C20H22BrN3O3.ClH/c1-26-18-9-13(8-16(21)20(18)27-12-19(22)25)10-23-7-6-14-11-24-17-5-3-2-4-15(14)17;/h2-5,8-9,11,23-24H,6-7,10,12H2,1H3,(H2,22,25);1H/p-1. The van der Waals surface area contributed by atoms with Gasteiger partial charge in [0.15, 0.2) is 18.1 Å². The molecule has 1 amide bonds. The second-order valence-electron chi connectivity index (χ2n) is 6.15. The van der Waals surface area contributed by atoms with Gasteiger partial charge in [0.1, 0.15) is 0 Å². The van der Waals surface area contributed by atoms with Gasteiger partial charge in [-0.1, -0.05) is 18.2 Å². The number of aromatic nitrogens is 1. The number of hydrogen-bond acceptors (Lipinski definition) is 4. The Bertz CT molecular complexity index is 946. The van der Waals surface area contributed by atoms with Crippen LogP contribution >= 0.6 is 15.9 Å². The Morgan fingerprint density at radius 3 is 2.82 bits per heavy atom. The van der Waals surface area contributed by atoms with Gasteiger partial charge < -0.3 is 37.9 Å². The van der Waals surface area contributed by atoms with E-state index in [1.54, 1.807) is 7.11 Å². The summed E-state index contributed by atoms with van der Waals surface area (Å²) in [6.45, 7) is 1.34. The molecule has 4 N–H and O–H groups in total. The van der Waals surface area contributed by atoms with Crippen LogP contribution in [-0.2, 0) is 17.8 Å². The number of carbonyl (C=O) groups is 1. The number of nitrogens with one attached hydrogen (secondary N) is 2. The predicted molar refractivity (Wildman–Crippen MR) is 109 cm³/mol. The van der Waals surface area contributed by atoms with E-state index in [9.17, 15) is 4.79 Å². The van der Waals surface area contributed by atoms with E-state index in [0.717, 1.165) is 28.5 Å². The summed E-state index contributed by atoms with van der Waals surface area (Å²) in [5, 5.41) is 4.71. The molecular formula is C20H22BrClN3O3-. The summed E-state index contributed by atoms with van der Waals surface area (Å²) in [5.41, 5.74) is 8.64. The highest BCUT2D eigenvalue weighted by Gasteiger charge is 2.13. The number of para-hydroxylation sites is 1. The molecule has 1 aromatic heterocycles. The predicted octanol–water partition coefficient (Wildman–Crippen LogP) is 0.139. The number of nitrogens with two attached hydrogens (primary N) is 1. The van der Waals surface area contributed by atoms with Crippen LogP contribution in [0, 0.1) is 0 Å². The average Bonchev–Trinajstić information content (AvgIpc) is 3.07. The van der Waals surface area contributed by atoms with Gasteiger partial charge in [0, 0.05) is 23.6 Å². The number of hydrogen-bond donors (Lipinski definition) is 3. The lowest BCUT2D eigenvalue weighted by Crippen LogP contribution is -3.00. The van der Waals surface area contributed by atoms with E-state index in [-0.39, 0.29) is 19.0 Å². The van der Waals surface area contributed by atoms with Gasteiger partial charge >= 0.3 is 0 Å². The number of primary amides is 1. The van der Waals surface area contributed by atoms with Crippen molar-refractivity contribution in [2.24, 2.45) is 5.73 Å². The van der Waals surface area contributed by atoms with Crippen LogP contribution in [0.1, 0.15) is 11.1 Å². The van der Waals surface area contributed by atoms with Gasteiger partial charge in [-0.05, 0) is 58.2 Å². The number of fused-ring (bicyclic) bond motifs is 1. The van der Waals surface area contributed by atoms with E-state index in [4.69, 9.17) is 15.2 Å². The number of rotatable bonds is 9. The van der Waals surface area contributed by atoms with Gasteiger partial charge in [0.2, 0.25) is 0 Å². The number of ether oxygens (including phenoxy) is 2. The highest BCUT2D eigenvalue weighted by molar-refractivity contribution is 9.10. The lowest BCUT2D eigenvalue weighted by molar-refractivity contribution is -0.119. The highest BCUT2D eigenvalue weighted by atomic mass is 79.9. The van der Waals surface area contributed by atoms with Crippen LogP contribution in [0.5, 0.6) is 11.5 Å². The molecule has 0 saturated carbocycles. The molecule has 0 fully saturated rings. The summed E-state index contributed by atoms with van der Waals surface area (Å²) in [7, 11) is 1.56. The van der Waals surface area contributed by atoms with Gasteiger partial charge in [-0.3, -0.25) is 4.79 Å². The van der Waals surface area contributed by atoms with Crippen LogP contribution in [-0.4, -0.2) is 31.2 Å². The Balaban J connectivity index is 0.00000280. The Labute approximate surface area is 178 Å². The molecule has 3 rings (SSSR count). The molecule has 28 heavy (non-hydrogen) atoms. The van der Waals surface area contributed by atoms with Gasteiger partial charge in [-0.2, -0.15) is 0 Å². The zero-order chi connectivity index (χ0) is 19.2. The first-order valence-corrected chi connectivity index (χ1v) is 9.41. The smallest absolute Gasteiger partial charge is 0.255 e. The number of benzene rings is 2. The molecule has 0 aliphatic heterocycles. The van der Waals surface area contributed by atoms with Crippen LogP contribution in [0.4, 0.5) is 0 Å². The number of amides is 1. The van der Waals surface area contributed by atoms with Crippen molar-refractivity contribution >= 4 is 32.7 Å². The normalized spacial score (nSPS) is 10.5. The topological polar surface area (TPSA) is 89.4 Å². The minimum absolute atomic E-state index is 0. The Hall–Kier alpha value is -2.22. The Morgan fingerprint density at radius 2 is 2.07 bits per heavy atom. The maximum atomic E-state index is 10.9. The van der Waals surface area contributed by atoms with E-state index < -0.39 is 5.91 Å². The fraction of sp³-hybridized carbons (Fsp3) is 0.250. The second-order valence-corrected chi connectivity index (χ2v) is 7.00. The molecule has 6 nitrogen and oxygen atoms in total. The summed E-state index contributed by atoms with van der Waals surface area (Å²) in [4.78, 5) is 14.2. The maximum absolute atomic E-state index is 10.9. The van der Waals surface area contributed by atoms with Gasteiger partial charge in [0.05, 0.1) is 11.6 Å². The molecule has 150 valence electrons. The minimum atomic E-state index is -0.535. The molecule has 0 saturated heterocycles. The zero-order valence-corrected chi connectivity index (χ0v) is 17.8. The zero-order valence-electron chi connectivity index (χ0n) is 15.4. The summed E-state index contributed by atoms with van der Waals surface area (Å²) in [6, 6.07) is 12.1. The third-order valence-electron chi connectivity index (χ3n) is 4.22. The van der Waals surface area contributed by atoms with E-state index >= 15 is 0 Å². The molecule has 0 unspecified atom stereocenters. The third-order valence-corrected chi connectivity index (χ3v) is 4.81. The van der Waals surface area contributed by atoms with Crippen molar-refractivity contribution in [2.45, 2.75) is 13.0 Å². The monoisotopic (exact) mass is 466 g/mol. The van der Waals surface area contributed by atoms with Crippen LogP contribution in [0.3, 0.4) is 0 Å². The second kappa shape index (κ2) is 10.4. The van der Waals surface area contributed by atoms with E-state index in [2.05, 4.69) is 50.6 Å². The van der Waals surface area contributed by atoms with Crippen molar-refractivity contribution in [3.8, 4) is 11.5 Å². The lowest BCUT2D eigenvalue weighted by atomic mass is 10.1. The maximum Gasteiger partial charge on any atom is 0.255 e. The van der Waals surface area contributed by atoms with Gasteiger partial charge in [-0.15, -0.1) is 0 Å². The van der Waals surface area contributed by atoms with Crippen LogP contribution in [0.15, 0.2) is 47.1 Å². The Kier molecular flexibility index (Phi) is 8.17. The molecule has 2 aromatic carbocycles. The number of halogens is 2. The molecule has 1 heterocycles. The number of carbonyl (C=O) groups excluding carboxylic acids is 1. The molecule has 0 spiro atoms. The minimum Gasteiger partial charge on any atom is -1.00 e. The summed E-state index contributed by atoms with van der Waals surface area (Å²) in [5.74, 6) is 0.491. The number of H-pyrrole nitrogens is 1. The molecule has 8 heteroatoms. The van der Waals surface area contributed by atoms with Crippen LogP contribution in [0.2, 0.25) is 0 Å². The van der Waals surface area contributed by atoms with Crippen molar-refractivity contribution in [2.75, 3.05) is 20.3 Å². The van der Waals surface area contributed by atoms with Crippen molar-refractivity contribution < 1.29 is 26.7 Å². The molecule has 0 aliphatic rings. The molecule has 0 radical (unpaired) electrons. The van der Waals surface area contributed by atoms with Gasteiger partial charge in [-0.25, -0.2) is 0 Å². The first kappa shape index (κ1) is 22.1. The van der Waals surface area contributed by atoms with E-state index in [1.165, 1.54) is 10.9 Å². The summed E-state index contributed by atoms with van der Waals surface area (Å²) >= 11 is 3.47. The fourth-order valence-corrected chi connectivity index (χ4v) is 3.56. The van der Waals surface area contributed by atoms with E-state index in [1.807, 2.05) is 18.2 Å². The number of aromatic amines is 1. The third kappa shape index (κ3) is 5.41. The lowest BCUT2D eigenvalue weighted by Gasteiger charge is -2.14. The Morgan fingerprint density at radius 1 is 1.29 bits per heavy atom. The van der Waals surface area contributed by atoms with E-state index in [0.29, 0.717) is 18.0 Å². The summed E-state index contributed by atoms with van der Waals surface area (Å²) in [6.07, 6.45) is 3.00.